The molecule has 0 fully saturated rings. The van der Waals surface area contributed by atoms with E-state index in [1.54, 1.807) is 0 Å². The van der Waals surface area contributed by atoms with Gasteiger partial charge in [-0.3, -0.25) is 9.20 Å². The van der Waals surface area contributed by atoms with E-state index in [0.717, 1.165) is 23.5 Å². The number of carbonyl (C=O) groups is 1. The Morgan fingerprint density at radius 2 is 1.69 bits per heavy atom. The van der Waals surface area contributed by atoms with E-state index < -0.39 is 0 Å². The van der Waals surface area contributed by atoms with Gasteiger partial charge >= 0.3 is 0 Å². The van der Waals surface area contributed by atoms with Crippen LogP contribution < -0.4 is 0 Å². The molecule has 2 unspecified atom stereocenters. The van der Waals surface area contributed by atoms with Crippen LogP contribution in [0.1, 0.15) is 96.6 Å². The van der Waals surface area contributed by atoms with Crippen LogP contribution in [0.3, 0.4) is 0 Å². The molecule has 0 saturated heterocycles. The summed E-state index contributed by atoms with van der Waals surface area (Å²) in [5.41, 5.74) is 5.82. The van der Waals surface area contributed by atoms with E-state index in [2.05, 4.69) is 75.9 Å². The first-order valence-electron chi connectivity index (χ1n) is 11.1. The van der Waals surface area contributed by atoms with E-state index in [1.165, 1.54) is 16.8 Å². The monoisotopic (exact) mass is 394 g/mol. The molecule has 156 valence electrons. The summed E-state index contributed by atoms with van der Waals surface area (Å²) in [6.45, 7) is 17.4. The van der Waals surface area contributed by atoms with Gasteiger partial charge in [0.2, 0.25) is 5.78 Å². The average molecular weight is 395 g/mol. The van der Waals surface area contributed by atoms with Crippen molar-refractivity contribution in [1.82, 2.24) is 19.3 Å². The number of hydrogen-bond donors (Lipinski definition) is 0. The van der Waals surface area contributed by atoms with E-state index in [1.807, 2.05) is 6.20 Å². The molecule has 1 aliphatic heterocycles. The molecule has 0 radical (unpaired) electrons. The molecule has 2 atom stereocenters. The van der Waals surface area contributed by atoms with Gasteiger partial charge in [-0.15, -0.1) is 0 Å². The van der Waals surface area contributed by atoms with Gasteiger partial charge < -0.3 is 4.90 Å². The first-order chi connectivity index (χ1) is 13.6. The Kier molecular flexibility index (Phi) is 4.83. The zero-order valence-corrected chi connectivity index (χ0v) is 19.0. The highest BCUT2D eigenvalue weighted by molar-refractivity contribution is 5.96. The third-order valence-corrected chi connectivity index (χ3v) is 6.58. The highest BCUT2D eigenvalue weighted by atomic mass is 16.2. The third-order valence-electron chi connectivity index (χ3n) is 6.58. The largest absolute Gasteiger partial charge is 0.328 e. The molecular formula is C24H34N4O. The summed E-state index contributed by atoms with van der Waals surface area (Å²) in [7, 11) is 0. The summed E-state index contributed by atoms with van der Waals surface area (Å²) in [5.74, 6) is 2.10. The van der Waals surface area contributed by atoms with Crippen LogP contribution >= 0.6 is 0 Å². The number of imidazole rings is 1. The van der Waals surface area contributed by atoms with Crippen LogP contribution in [-0.4, -0.2) is 31.2 Å². The third kappa shape index (κ3) is 2.92. The van der Waals surface area contributed by atoms with Crippen LogP contribution in [0.4, 0.5) is 0 Å². The van der Waals surface area contributed by atoms with Crippen molar-refractivity contribution in [2.75, 3.05) is 0 Å². The Morgan fingerprint density at radius 1 is 1.00 bits per heavy atom. The van der Waals surface area contributed by atoms with Crippen molar-refractivity contribution in [3.8, 4) is 0 Å². The first kappa shape index (κ1) is 20.1. The van der Waals surface area contributed by atoms with Gasteiger partial charge in [0.05, 0.1) is 17.4 Å². The average Bonchev–Trinajstić information content (AvgIpc) is 3.11. The van der Waals surface area contributed by atoms with Gasteiger partial charge in [-0.1, -0.05) is 41.5 Å². The number of amides is 1. The minimum atomic E-state index is 0.0247. The highest BCUT2D eigenvalue weighted by Gasteiger charge is 2.48. The number of nitrogens with zero attached hydrogens (tertiary/aromatic N) is 4. The van der Waals surface area contributed by atoms with E-state index in [9.17, 15) is 4.79 Å². The molecule has 0 N–H and O–H groups in total. The van der Waals surface area contributed by atoms with Crippen molar-refractivity contribution in [3.05, 3.63) is 40.5 Å². The molecule has 1 amide bonds. The summed E-state index contributed by atoms with van der Waals surface area (Å²) in [5, 5.41) is 0. The van der Waals surface area contributed by atoms with Crippen LogP contribution in [-0.2, 0) is 4.79 Å². The number of rotatable bonds is 4. The second-order valence-corrected chi connectivity index (χ2v) is 9.88. The summed E-state index contributed by atoms with van der Waals surface area (Å²) in [6.07, 6.45) is 5.08. The second-order valence-electron chi connectivity index (χ2n) is 9.88. The van der Waals surface area contributed by atoms with E-state index in [0.29, 0.717) is 11.8 Å². The summed E-state index contributed by atoms with van der Waals surface area (Å²) in [6, 6.07) is 0.153. The zero-order chi connectivity index (χ0) is 21.2. The quantitative estimate of drug-likeness (QED) is 0.712. The maximum Gasteiger partial charge on any atom is 0.250 e. The lowest BCUT2D eigenvalue weighted by atomic mass is 9.81. The predicted octanol–water partition coefficient (Wildman–Crippen LogP) is 5.24. The second kappa shape index (κ2) is 6.96. The van der Waals surface area contributed by atoms with Crippen LogP contribution in [0.25, 0.3) is 5.78 Å². The Labute approximate surface area is 174 Å². The van der Waals surface area contributed by atoms with Crippen LogP contribution in [0.15, 0.2) is 23.5 Å². The molecule has 2 aliphatic rings. The zero-order valence-electron chi connectivity index (χ0n) is 19.0. The molecular weight excluding hydrogens is 360 g/mol. The molecule has 3 heterocycles. The number of hydrogen-bond acceptors (Lipinski definition) is 3. The molecule has 2 aromatic heterocycles. The smallest absolute Gasteiger partial charge is 0.250 e. The lowest BCUT2D eigenvalue weighted by Crippen LogP contribution is -2.41. The molecule has 0 aromatic carbocycles. The molecule has 5 heteroatoms. The topological polar surface area (TPSA) is 50.5 Å². The lowest BCUT2D eigenvalue weighted by molar-refractivity contribution is -0.131. The van der Waals surface area contributed by atoms with Crippen molar-refractivity contribution in [3.63, 3.8) is 0 Å². The maximum absolute atomic E-state index is 13.7. The summed E-state index contributed by atoms with van der Waals surface area (Å²) >= 11 is 0. The summed E-state index contributed by atoms with van der Waals surface area (Å²) < 4.78 is 2.21. The minimum Gasteiger partial charge on any atom is -0.328 e. The Morgan fingerprint density at radius 3 is 2.24 bits per heavy atom. The number of allylic oxidation sites excluding steroid dienone is 1. The van der Waals surface area contributed by atoms with Gasteiger partial charge in [0, 0.05) is 29.9 Å². The van der Waals surface area contributed by atoms with Crippen molar-refractivity contribution in [2.24, 2.45) is 11.8 Å². The van der Waals surface area contributed by atoms with Gasteiger partial charge in [-0.25, -0.2) is 9.97 Å². The fraction of sp³-hybridized carbons (Fsp3) is 0.625. The van der Waals surface area contributed by atoms with E-state index in [-0.39, 0.29) is 29.8 Å². The van der Waals surface area contributed by atoms with Gasteiger partial charge in [0.1, 0.15) is 0 Å². The molecule has 2 aromatic rings. The molecule has 1 aliphatic carbocycles. The van der Waals surface area contributed by atoms with Crippen LogP contribution in [0.5, 0.6) is 0 Å². The SMILES string of the molecule is CC(C)C1=C(C(C)C)C2CC(c3nc4ncc(C(C)C)cn4c32)N(C(C)C)C1=O. The van der Waals surface area contributed by atoms with Crippen molar-refractivity contribution in [1.29, 1.82) is 0 Å². The van der Waals surface area contributed by atoms with Crippen molar-refractivity contribution < 1.29 is 4.79 Å². The fourth-order valence-corrected chi connectivity index (χ4v) is 5.32. The molecule has 2 bridgehead atoms. The van der Waals surface area contributed by atoms with E-state index in [4.69, 9.17) is 4.98 Å². The van der Waals surface area contributed by atoms with Gasteiger partial charge in [0.15, 0.2) is 0 Å². The number of carbonyl (C=O) groups excluding carboxylic acids is 1. The summed E-state index contributed by atoms with van der Waals surface area (Å²) in [4.78, 5) is 25.4. The number of fused-ring (bicyclic) bond motifs is 7. The minimum absolute atomic E-state index is 0.0247. The van der Waals surface area contributed by atoms with Crippen molar-refractivity contribution in [2.45, 2.75) is 85.7 Å². The maximum atomic E-state index is 13.7. The standard InChI is InChI=1S/C24H34N4O/c1-12(2)16-10-25-24-26-21-18-9-17(22(21)27(24)11-16)19(13(3)4)20(14(5)6)23(29)28(18)15(7)8/h10-15,17-18H,9H2,1-8H3. The van der Waals surface area contributed by atoms with Crippen LogP contribution in [0, 0.1) is 11.8 Å². The van der Waals surface area contributed by atoms with Crippen molar-refractivity contribution >= 4 is 11.7 Å². The molecule has 4 rings (SSSR count). The molecule has 0 saturated carbocycles. The molecule has 0 spiro atoms. The number of aromatic nitrogens is 3. The molecule has 29 heavy (non-hydrogen) atoms. The van der Waals surface area contributed by atoms with Gasteiger partial charge in [-0.2, -0.15) is 0 Å². The Balaban J connectivity index is 2.05. The van der Waals surface area contributed by atoms with Crippen LogP contribution in [0.2, 0.25) is 0 Å². The predicted molar refractivity (Wildman–Crippen MR) is 116 cm³/mol. The lowest BCUT2D eigenvalue weighted by Gasteiger charge is -2.33. The van der Waals surface area contributed by atoms with Gasteiger partial charge in [0.25, 0.3) is 5.91 Å². The fourth-order valence-electron chi connectivity index (χ4n) is 5.32. The normalized spacial score (nSPS) is 22.1. The highest BCUT2D eigenvalue weighted by Crippen LogP contribution is 2.53. The van der Waals surface area contributed by atoms with E-state index >= 15 is 0 Å². The Hall–Kier alpha value is -2.17. The Bertz CT molecular complexity index is 996. The molecule has 5 nitrogen and oxygen atoms in total. The first-order valence-corrected chi connectivity index (χ1v) is 11.1. The van der Waals surface area contributed by atoms with Gasteiger partial charge in [-0.05, 0) is 49.2 Å².